The Hall–Kier alpha value is -0.380. The second-order valence-electron chi connectivity index (χ2n) is 6.35. The summed E-state index contributed by atoms with van der Waals surface area (Å²) in [7, 11) is 0. The lowest BCUT2D eigenvalue weighted by molar-refractivity contribution is 0.188. The van der Waals surface area contributed by atoms with Crippen LogP contribution in [0.5, 0.6) is 0 Å². The Bertz CT molecular complexity index is 260. The highest BCUT2D eigenvalue weighted by Crippen LogP contribution is 2.36. The number of carbonyl (C=O) groups is 1. The van der Waals surface area contributed by atoms with Gasteiger partial charge in [0.05, 0.1) is 4.87 Å². The fourth-order valence-corrected chi connectivity index (χ4v) is 2.19. The molecule has 0 rings (SSSR count). The summed E-state index contributed by atoms with van der Waals surface area (Å²) in [6.45, 7) is 14.6. The van der Waals surface area contributed by atoms with Crippen molar-refractivity contribution in [3.05, 3.63) is 0 Å². The van der Waals surface area contributed by atoms with E-state index in [4.69, 9.17) is 0 Å². The van der Waals surface area contributed by atoms with Gasteiger partial charge in [-0.05, 0) is 38.5 Å². The highest BCUT2D eigenvalue weighted by Gasteiger charge is 2.33. The lowest BCUT2D eigenvalue weighted by Gasteiger charge is -2.37. The van der Waals surface area contributed by atoms with E-state index in [-0.39, 0.29) is 17.5 Å². The van der Waals surface area contributed by atoms with Crippen LogP contribution in [0, 0.1) is 11.3 Å². The highest BCUT2D eigenvalue weighted by molar-refractivity contribution is 7.81. The van der Waals surface area contributed by atoms with Gasteiger partial charge >= 0.3 is 6.03 Å². The molecule has 1 unspecified atom stereocenters. The first-order valence-electron chi connectivity index (χ1n) is 6.27. The Kier molecular flexibility index (Phi) is 5.85. The van der Waals surface area contributed by atoms with E-state index in [9.17, 15) is 4.79 Å². The van der Waals surface area contributed by atoms with E-state index in [2.05, 4.69) is 51.0 Å². The third-order valence-electron chi connectivity index (χ3n) is 3.17. The van der Waals surface area contributed by atoms with Crippen LogP contribution in [0.25, 0.3) is 0 Å². The third kappa shape index (κ3) is 6.81. The minimum atomic E-state index is -0.493. The molecule has 0 aromatic heterocycles. The lowest BCUT2D eigenvalue weighted by Crippen LogP contribution is -2.50. The zero-order chi connectivity index (χ0) is 13.9. The number of urea groups is 1. The Labute approximate surface area is 112 Å². The van der Waals surface area contributed by atoms with Crippen molar-refractivity contribution in [2.75, 3.05) is 0 Å². The van der Waals surface area contributed by atoms with Crippen molar-refractivity contribution in [3.8, 4) is 0 Å². The minimum absolute atomic E-state index is 0.136. The summed E-state index contributed by atoms with van der Waals surface area (Å²) in [4.78, 5) is 11.2. The molecule has 0 aliphatic rings. The third-order valence-corrected chi connectivity index (χ3v) is 3.44. The van der Waals surface area contributed by atoms with Gasteiger partial charge < -0.3 is 10.6 Å². The second-order valence-corrected chi connectivity index (χ2v) is 7.33. The maximum atomic E-state index is 11.7. The minimum Gasteiger partial charge on any atom is -0.336 e. The molecule has 0 radical (unpaired) electrons. The summed E-state index contributed by atoms with van der Waals surface area (Å²) in [6, 6.07) is -0.0192. The fourth-order valence-electron chi connectivity index (χ4n) is 1.68. The molecular weight excluding hydrogens is 232 g/mol. The van der Waals surface area contributed by atoms with Gasteiger partial charge in [-0.3, -0.25) is 0 Å². The molecular formula is C13H28N2OS. The predicted octanol–water partition coefficient (Wildman–Crippen LogP) is 3.41. The molecule has 0 spiro atoms. The van der Waals surface area contributed by atoms with Crippen LogP contribution in [-0.2, 0) is 0 Å². The summed E-state index contributed by atoms with van der Waals surface area (Å²) >= 11 is 4.56. The van der Waals surface area contributed by atoms with Gasteiger partial charge in [0.15, 0.2) is 0 Å². The molecule has 0 heterocycles. The molecule has 0 aromatic carbocycles. The Morgan fingerprint density at radius 3 is 2.00 bits per heavy atom. The monoisotopic (exact) mass is 260 g/mol. The van der Waals surface area contributed by atoms with Gasteiger partial charge in [0.25, 0.3) is 0 Å². The van der Waals surface area contributed by atoms with Crippen LogP contribution < -0.4 is 10.6 Å². The lowest BCUT2D eigenvalue weighted by atomic mass is 9.76. The van der Waals surface area contributed by atoms with E-state index < -0.39 is 4.87 Å². The summed E-state index contributed by atoms with van der Waals surface area (Å²) in [6.07, 6.45) is 0.826. The van der Waals surface area contributed by atoms with Gasteiger partial charge in [0.1, 0.15) is 0 Å². The van der Waals surface area contributed by atoms with Crippen molar-refractivity contribution in [2.45, 2.75) is 65.8 Å². The molecule has 4 heteroatoms. The maximum absolute atomic E-state index is 11.7. The van der Waals surface area contributed by atoms with Crippen LogP contribution in [-0.4, -0.2) is 16.9 Å². The zero-order valence-electron chi connectivity index (χ0n) is 12.2. The maximum Gasteiger partial charge on any atom is 0.316 e. The SMILES string of the molecule is CC(C)NC(=O)NC(C)(S)CC(C)(C)C(C)C. The number of nitrogens with one attached hydrogen (secondary N) is 2. The van der Waals surface area contributed by atoms with Crippen LogP contribution in [0.1, 0.15) is 54.9 Å². The van der Waals surface area contributed by atoms with E-state index in [1.807, 2.05) is 20.8 Å². The van der Waals surface area contributed by atoms with Crippen LogP contribution in [0.3, 0.4) is 0 Å². The first-order valence-corrected chi connectivity index (χ1v) is 6.72. The number of thiol groups is 1. The van der Waals surface area contributed by atoms with E-state index in [0.717, 1.165) is 6.42 Å². The number of hydrogen-bond acceptors (Lipinski definition) is 2. The van der Waals surface area contributed by atoms with Crippen molar-refractivity contribution < 1.29 is 4.79 Å². The van der Waals surface area contributed by atoms with Crippen molar-refractivity contribution in [1.29, 1.82) is 0 Å². The van der Waals surface area contributed by atoms with Gasteiger partial charge in [-0.15, -0.1) is 0 Å². The average molecular weight is 260 g/mol. The molecule has 2 amide bonds. The molecule has 0 fully saturated rings. The van der Waals surface area contributed by atoms with Crippen molar-refractivity contribution in [1.82, 2.24) is 10.6 Å². The van der Waals surface area contributed by atoms with Gasteiger partial charge in [-0.2, -0.15) is 12.6 Å². The van der Waals surface area contributed by atoms with E-state index >= 15 is 0 Å². The molecule has 0 aliphatic heterocycles. The topological polar surface area (TPSA) is 41.1 Å². The van der Waals surface area contributed by atoms with E-state index in [0.29, 0.717) is 5.92 Å². The first kappa shape index (κ1) is 16.6. The summed E-state index contributed by atoms with van der Waals surface area (Å²) in [5, 5.41) is 5.73. The van der Waals surface area contributed by atoms with Crippen LogP contribution in [0.4, 0.5) is 4.79 Å². The van der Waals surface area contributed by atoms with Crippen LogP contribution in [0.2, 0.25) is 0 Å². The molecule has 17 heavy (non-hydrogen) atoms. The zero-order valence-corrected chi connectivity index (χ0v) is 13.1. The molecule has 102 valence electrons. The summed E-state index contributed by atoms with van der Waals surface area (Å²) in [5.41, 5.74) is 0.140. The molecule has 0 saturated heterocycles. The largest absolute Gasteiger partial charge is 0.336 e. The molecule has 1 atom stereocenters. The molecule has 2 N–H and O–H groups in total. The Balaban J connectivity index is 4.43. The van der Waals surface area contributed by atoms with Crippen LogP contribution in [0.15, 0.2) is 0 Å². The second kappa shape index (κ2) is 5.98. The average Bonchev–Trinajstić information content (AvgIpc) is 1.96. The van der Waals surface area contributed by atoms with Gasteiger partial charge in [-0.25, -0.2) is 4.79 Å². The van der Waals surface area contributed by atoms with Gasteiger partial charge in [-0.1, -0.05) is 27.7 Å². The molecule has 0 aliphatic carbocycles. The quantitative estimate of drug-likeness (QED) is 0.514. The van der Waals surface area contributed by atoms with Crippen LogP contribution >= 0.6 is 12.6 Å². The van der Waals surface area contributed by atoms with E-state index in [1.165, 1.54) is 0 Å². The standard InChI is InChI=1S/C13H28N2OS/c1-9(2)12(5,6)8-13(7,17)15-11(16)14-10(3)4/h9-10,17H,8H2,1-7H3,(H2,14,15,16). The first-order chi connectivity index (χ1) is 7.46. The number of amides is 2. The molecule has 3 nitrogen and oxygen atoms in total. The molecule has 0 saturated carbocycles. The fraction of sp³-hybridized carbons (Fsp3) is 0.923. The normalized spacial score (nSPS) is 15.9. The Morgan fingerprint density at radius 1 is 1.18 bits per heavy atom. The summed E-state index contributed by atoms with van der Waals surface area (Å²) < 4.78 is 0. The van der Waals surface area contributed by atoms with Crippen molar-refractivity contribution in [2.24, 2.45) is 11.3 Å². The molecule has 0 bridgehead atoms. The number of rotatable bonds is 5. The number of carbonyl (C=O) groups excluding carboxylic acids is 1. The van der Waals surface area contributed by atoms with Gasteiger partial charge in [0.2, 0.25) is 0 Å². The smallest absolute Gasteiger partial charge is 0.316 e. The number of hydrogen-bond donors (Lipinski definition) is 3. The molecule has 0 aromatic rings. The van der Waals surface area contributed by atoms with Crippen molar-refractivity contribution in [3.63, 3.8) is 0 Å². The Morgan fingerprint density at radius 2 is 1.65 bits per heavy atom. The highest BCUT2D eigenvalue weighted by atomic mass is 32.1. The van der Waals surface area contributed by atoms with Crippen molar-refractivity contribution >= 4 is 18.7 Å². The summed E-state index contributed by atoms with van der Waals surface area (Å²) in [5.74, 6) is 0.545. The predicted molar refractivity (Wildman–Crippen MR) is 77.4 cm³/mol. The van der Waals surface area contributed by atoms with E-state index in [1.54, 1.807) is 0 Å². The van der Waals surface area contributed by atoms with Gasteiger partial charge in [0, 0.05) is 6.04 Å².